The minimum Gasteiger partial charge on any atom is -0.383 e. The lowest BCUT2D eigenvalue weighted by Gasteiger charge is -2.14. The highest BCUT2D eigenvalue weighted by atomic mass is 32.2. The molecule has 0 fully saturated rings. The molecule has 0 saturated carbocycles. The van der Waals surface area contributed by atoms with Gasteiger partial charge in [-0.2, -0.15) is 10.5 Å². The van der Waals surface area contributed by atoms with E-state index < -0.39 is 10.0 Å². The molecular formula is C31H30N8O3S2. The van der Waals surface area contributed by atoms with E-state index in [9.17, 15) is 23.7 Å². The molecule has 4 aromatic rings. The van der Waals surface area contributed by atoms with Crippen molar-refractivity contribution in [2.24, 2.45) is 0 Å². The maximum absolute atomic E-state index is 12.8. The van der Waals surface area contributed by atoms with Crippen LogP contribution in [0.4, 0.5) is 17.5 Å². The summed E-state index contributed by atoms with van der Waals surface area (Å²) in [4.78, 5) is 25.1. The van der Waals surface area contributed by atoms with Crippen molar-refractivity contribution in [1.29, 1.82) is 10.5 Å². The summed E-state index contributed by atoms with van der Waals surface area (Å²) >= 11 is 1.19. The number of nitrogens with two attached hydrogens (primary N) is 1. The van der Waals surface area contributed by atoms with Crippen LogP contribution in [0, 0.1) is 36.5 Å². The Balaban J connectivity index is 1.42. The summed E-state index contributed by atoms with van der Waals surface area (Å²) in [5, 5.41) is 22.9. The molecule has 0 radical (unpaired) electrons. The van der Waals surface area contributed by atoms with Gasteiger partial charge in [0.2, 0.25) is 11.9 Å². The molecule has 0 spiro atoms. The lowest BCUT2D eigenvalue weighted by Crippen LogP contribution is -2.16. The third-order valence-electron chi connectivity index (χ3n) is 6.51. The van der Waals surface area contributed by atoms with Crippen LogP contribution in [0.3, 0.4) is 0 Å². The van der Waals surface area contributed by atoms with Crippen molar-refractivity contribution < 1.29 is 13.2 Å². The first-order chi connectivity index (χ1) is 20.9. The summed E-state index contributed by atoms with van der Waals surface area (Å²) in [6, 6.07) is 19.3. The van der Waals surface area contributed by atoms with Gasteiger partial charge in [0.05, 0.1) is 10.5 Å². The molecule has 44 heavy (non-hydrogen) atoms. The fourth-order valence-electron chi connectivity index (χ4n) is 4.36. The van der Waals surface area contributed by atoms with Gasteiger partial charge in [0, 0.05) is 34.8 Å². The van der Waals surface area contributed by atoms with Crippen molar-refractivity contribution in [1.82, 2.24) is 15.0 Å². The van der Waals surface area contributed by atoms with Crippen molar-refractivity contribution >= 4 is 45.1 Å². The van der Waals surface area contributed by atoms with Crippen molar-refractivity contribution in [2.45, 2.75) is 50.0 Å². The summed E-state index contributed by atoms with van der Waals surface area (Å²) in [5.41, 5.74) is 10.3. The lowest BCUT2D eigenvalue weighted by molar-refractivity contribution is -0.115. The predicted octanol–water partition coefficient (Wildman–Crippen LogP) is 5.53. The van der Waals surface area contributed by atoms with Gasteiger partial charge in [-0.15, -0.1) is 11.8 Å². The predicted molar refractivity (Wildman–Crippen MR) is 170 cm³/mol. The van der Waals surface area contributed by atoms with Crippen LogP contribution in [-0.2, 0) is 14.8 Å². The number of carbonyl (C=O) groups excluding carboxylic acids is 1. The molecule has 2 aromatic heterocycles. The van der Waals surface area contributed by atoms with Gasteiger partial charge in [-0.3, -0.25) is 4.79 Å². The molecule has 4 rings (SSSR count). The fourth-order valence-corrected chi connectivity index (χ4v) is 6.24. The first kappa shape index (κ1) is 31.9. The molecule has 0 bridgehead atoms. The van der Waals surface area contributed by atoms with Crippen LogP contribution in [0.5, 0.6) is 0 Å². The Bertz CT molecular complexity index is 1870. The molecule has 2 aromatic carbocycles. The van der Waals surface area contributed by atoms with Crippen LogP contribution in [0.15, 0.2) is 64.5 Å². The van der Waals surface area contributed by atoms with E-state index >= 15 is 0 Å². The molecule has 0 unspecified atom stereocenters. The maximum Gasteiger partial charge on any atom is 0.264 e. The molecule has 4 N–H and O–H groups in total. The van der Waals surface area contributed by atoms with E-state index in [0.717, 1.165) is 5.56 Å². The zero-order chi connectivity index (χ0) is 32.0. The van der Waals surface area contributed by atoms with Crippen molar-refractivity contribution in [3.63, 3.8) is 0 Å². The number of amides is 1. The zero-order valence-corrected chi connectivity index (χ0v) is 26.2. The van der Waals surface area contributed by atoms with E-state index in [1.165, 1.54) is 36.0 Å². The Morgan fingerprint density at radius 1 is 0.955 bits per heavy atom. The highest BCUT2D eigenvalue weighted by Gasteiger charge is 2.21. The third-order valence-corrected chi connectivity index (χ3v) is 8.83. The molecule has 2 heterocycles. The molecule has 0 aliphatic heterocycles. The highest BCUT2D eigenvalue weighted by molar-refractivity contribution is 7.99. The molecule has 224 valence electrons. The molecular weight excluding hydrogens is 597 g/mol. The van der Waals surface area contributed by atoms with Gasteiger partial charge in [-0.1, -0.05) is 38.1 Å². The standard InChI is InChI=1S/C31H30N8O3S2/c1-18(2)21-5-7-22(8-6-21)28-25(16-32)29(34)38-30(26(28)17-33)43-14-13-27(40)37-23-9-11-24(12-10-23)44(41,42)39-31-35-19(3)15-20(4)36-31/h5-12,15,18H,13-14H2,1-4H3,(H2,34,38)(H,37,40)(H,35,36,39). The van der Waals surface area contributed by atoms with Gasteiger partial charge in [-0.05, 0) is 61.2 Å². The third kappa shape index (κ3) is 7.50. The van der Waals surface area contributed by atoms with Gasteiger partial charge >= 0.3 is 0 Å². The first-order valence-corrected chi connectivity index (χ1v) is 16.0. The van der Waals surface area contributed by atoms with E-state index in [2.05, 4.69) is 51.0 Å². The number of hydrogen-bond donors (Lipinski definition) is 3. The minimum absolute atomic E-state index is 0.00927. The van der Waals surface area contributed by atoms with Crippen LogP contribution in [0.1, 0.15) is 54.3 Å². The normalized spacial score (nSPS) is 11.1. The number of aromatic nitrogens is 3. The number of aryl methyl sites for hydroxylation is 2. The molecule has 0 saturated heterocycles. The Kier molecular flexibility index (Phi) is 9.83. The largest absolute Gasteiger partial charge is 0.383 e. The Morgan fingerprint density at radius 3 is 2.14 bits per heavy atom. The molecule has 11 nitrogen and oxygen atoms in total. The molecule has 13 heteroatoms. The van der Waals surface area contributed by atoms with E-state index in [0.29, 0.717) is 39.1 Å². The van der Waals surface area contributed by atoms with Crippen LogP contribution in [0.2, 0.25) is 0 Å². The number of rotatable bonds is 10. The number of nitriles is 2. The molecule has 0 aliphatic rings. The average molecular weight is 627 g/mol. The van der Waals surface area contributed by atoms with Crippen LogP contribution >= 0.6 is 11.8 Å². The van der Waals surface area contributed by atoms with Crippen molar-refractivity contribution in [2.75, 3.05) is 21.5 Å². The SMILES string of the molecule is Cc1cc(C)nc(NS(=O)(=O)c2ccc(NC(=O)CCSc3nc(N)c(C#N)c(-c4ccc(C(C)C)cc4)c3C#N)cc2)n1. The van der Waals surface area contributed by atoms with Gasteiger partial charge in [0.15, 0.2) is 0 Å². The van der Waals surface area contributed by atoms with Gasteiger partial charge in [0.1, 0.15) is 28.5 Å². The summed E-state index contributed by atoms with van der Waals surface area (Å²) in [5.74, 6) is 0.263. The second-order valence-corrected chi connectivity index (χ2v) is 12.9. The summed E-state index contributed by atoms with van der Waals surface area (Å²) in [6.45, 7) is 7.64. The van der Waals surface area contributed by atoms with E-state index in [1.54, 1.807) is 19.9 Å². The summed E-state index contributed by atoms with van der Waals surface area (Å²) < 4.78 is 27.9. The second-order valence-electron chi connectivity index (χ2n) is 10.2. The van der Waals surface area contributed by atoms with Crippen LogP contribution < -0.4 is 15.8 Å². The monoisotopic (exact) mass is 626 g/mol. The topological polar surface area (TPSA) is 188 Å². The summed E-state index contributed by atoms with van der Waals surface area (Å²) in [7, 11) is -3.94. The number of hydrogen-bond acceptors (Lipinski definition) is 10. The van der Waals surface area contributed by atoms with Gasteiger partial charge < -0.3 is 11.1 Å². The van der Waals surface area contributed by atoms with Crippen molar-refractivity contribution in [3.05, 3.63) is 82.7 Å². The van der Waals surface area contributed by atoms with E-state index in [4.69, 9.17) is 5.73 Å². The number of carbonyl (C=O) groups is 1. The number of sulfonamides is 1. The van der Waals surface area contributed by atoms with Gasteiger partial charge in [0.25, 0.3) is 10.0 Å². The first-order valence-electron chi connectivity index (χ1n) is 13.5. The smallest absolute Gasteiger partial charge is 0.264 e. The summed E-state index contributed by atoms with van der Waals surface area (Å²) in [6.07, 6.45) is 0.0706. The van der Waals surface area contributed by atoms with E-state index in [1.807, 2.05) is 24.3 Å². The highest BCUT2D eigenvalue weighted by Crippen LogP contribution is 2.36. The lowest BCUT2D eigenvalue weighted by atomic mass is 9.94. The number of anilines is 3. The molecule has 1 amide bonds. The number of thioether (sulfide) groups is 1. The minimum atomic E-state index is -3.94. The fraction of sp³-hybridized carbons (Fsp3) is 0.226. The average Bonchev–Trinajstić information content (AvgIpc) is 2.96. The van der Waals surface area contributed by atoms with Crippen LogP contribution in [-0.4, -0.2) is 35.0 Å². The zero-order valence-electron chi connectivity index (χ0n) is 24.5. The Labute approximate surface area is 260 Å². The van der Waals surface area contributed by atoms with Crippen molar-refractivity contribution in [3.8, 4) is 23.3 Å². The van der Waals surface area contributed by atoms with Gasteiger partial charge in [-0.25, -0.2) is 28.1 Å². The Hall–Kier alpha value is -4.98. The van der Waals surface area contributed by atoms with Crippen LogP contribution in [0.25, 0.3) is 11.1 Å². The Morgan fingerprint density at radius 2 is 1.57 bits per heavy atom. The quantitative estimate of drug-likeness (QED) is 0.189. The number of pyridine rings is 1. The number of benzene rings is 2. The number of nitrogens with one attached hydrogen (secondary N) is 2. The molecule has 0 aliphatic carbocycles. The second kappa shape index (κ2) is 13.5. The number of nitrogen functional groups attached to an aromatic ring is 1. The molecule has 0 atom stereocenters. The van der Waals surface area contributed by atoms with E-state index in [-0.39, 0.29) is 45.9 Å². The maximum atomic E-state index is 12.8. The number of nitrogens with zero attached hydrogens (tertiary/aromatic N) is 5.